The molecule has 0 radical (unpaired) electrons. The van der Waals surface area contributed by atoms with E-state index < -0.39 is 0 Å². The molecule has 0 N–H and O–H groups in total. The van der Waals surface area contributed by atoms with Gasteiger partial charge in [-0.25, -0.2) is 0 Å². The van der Waals surface area contributed by atoms with Gasteiger partial charge < -0.3 is 4.74 Å². The van der Waals surface area contributed by atoms with E-state index in [0.29, 0.717) is 0 Å². The zero-order valence-corrected chi connectivity index (χ0v) is 8.50. The maximum absolute atomic E-state index is 9.08. The molecule has 2 heteroatoms. The maximum atomic E-state index is 9.08. The Morgan fingerprint density at radius 1 is 1.43 bits per heavy atom. The average Bonchev–Trinajstić information content (AvgIpc) is 2.98. The standard InChI is InChI=1S/C12H13NO/c1-9-7-10(14-2)3-4-11(9)12(8-13)5-6-12/h3-4,7H,5-6H2,1-2H3. The minimum atomic E-state index is -0.184. The normalized spacial score (nSPS) is 17.2. The third-order valence-corrected chi connectivity index (χ3v) is 2.91. The van der Waals surface area contributed by atoms with E-state index in [9.17, 15) is 0 Å². The Bertz CT molecular complexity index is 399. The third kappa shape index (κ3) is 1.26. The second-order valence-electron chi connectivity index (χ2n) is 3.87. The molecule has 0 aliphatic heterocycles. The lowest BCUT2D eigenvalue weighted by Crippen LogP contribution is -2.05. The number of rotatable bonds is 2. The highest BCUT2D eigenvalue weighted by molar-refractivity contribution is 5.46. The van der Waals surface area contributed by atoms with Gasteiger partial charge in [-0.3, -0.25) is 0 Å². The summed E-state index contributed by atoms with van der Waals surface area (Å²) in [6.45, 7) is 2.04. The molecule has 1 fully saturated rings. The van der Waals surface area contributed by atoms with Gasteiger partial charge in [0.15, 0.2) is 0 Å². The second-order valence-corrected chi connectivity index (χ2v) is 3.87. The first-order valence-corrected chi connectivity index (χ1v) is 4.78. The van der Waals surface area contributed by atoms with Crippen molar-refractivity contribution in [1.29, 1.82) is 5.26 Å². The van der Waals surface area contributed by atoms with Crippen molar-refractivity contribution in [3.63, 3.8) is 0 Å². The van der Waals surface area contributed by atoms with Gasteiger partial charge in [-0.15, -0.1) is 0 Å². The lowest BCUT2D eigenvalue weighted by Gasteiger charge is -2.11. The van der Waals surface area contributed by atoms with Crippen LogP contribution in [0.3, 0.4) is 0 Å². The molecule has 1 aliphatic rings. The van der Waals surface area contributed by atoms with Crippen LogP contribution in [0.2, 0.25) is 0 Å². The van der Waals surface area contributed by atoms with Gasteiger partial charge in [-0.05, 0) is 43.0 Å². The van der Waals surface area contributed by atoms with E-state index in [4.69, 9.17) is 10.00 Å². The minimum absolute atomic E-state index is 0.184. The Balaban J connectivity index is 2.42. The Morgan fingerprint density at radius 3 is 2.57 bits per heavy atom. The highest BCUT2D eigenvalue weighted by atomic mass is 16.5. The summed E-state index contributed by atoms with van der Waals surface area (Å²) >= 11 is 0. The van der Waals surface area contributed by atoms with Gasteiger partial charge in [0, 0.05) is 0 Å². The van der Waals surface area contributed by atoms with Crippen LogP contribution < -0.4 is 4.74 Å². The molecule has 0 aromatic heterocycles. The molecule has 1 aromatic carbocycles. The Morgan fingerprint density at radius 2 is 2.14 bits per heavy atom. The van der Waals surface area contributed by atoms with Crippen molar-refractivity contribution in [2.45, 2.75) is 25.2 Å². The largest absolute Gasteiger partial charge is 0.497 e. The quantitative estimate of drug-likeness (QED) is 0.712. The van der Waals surface area contributed by atoms with Crippen molar-refractivity contribution < 1.29 is 4.74 Å². The van der Waals surface area contributed by atoms with E-state index in [1.165, 1.54) is 5.56 Å². The molecule has 0 saturated heterocycles. The molecular weight excluding hydrogens is 174 g/mol. The summed E-state index contributed by atoms with van der Waals surface area (Å²) in [4.78, 5) is 0. The molecule has 1 saturated carbocycles. The predicted octanol–water partition coefficient (Wildman–Crippen LogP) is 2.56. The first-order valence-electron chi connectivity index (χ1n) is 4.78. The summed E-state index contributed by atoms with van der Waals surface area (Å²) in [5.74, 6) is 0.861. The Hall–Kier alpha value is -1.49. The zero-order chi connectivity index (χ0) is 10.2. The van der Waals surface area contributed by atoms with E-state index in [1.807, 2.05) is 25.1 Å². The monoisotopic (exact) mass is 187 g/mol. The van der Waals surface area contributed by atoms with Crippen molar-refractivity contribution in [2.75, 3.05) is 7.11 Å². The minimum Gasteiger partial charge on any atom is -0.497 e. The molecule has 2 nitrogen and oxygen atoms in total. The summed E-state index contributed by atoms with van der Waals surface area (Å²) in [7, 11) is 1.66. The fraction of sp³-hybridized carbons (Fsp3) is 0.417. The van der Waals surface area contributed by atoms with Gasteiger partial charge >= 0.3 is 0 Å². The Kier molecular flexibility index (Phi) is 1.96. The van der Waals surface area contributed by atoms with Crippen LogP contribution >= 0.6 is 0 Å². The van der Waals surface area contributed by atoms with Crippen molar-refractivity contribution >= 4 is 0 Å². The zero-order valence-electron chi connectivity index (χ0n) is 8.50. The number of aryl methyl sites for hydroxylation is 1. The van der Waals surface area contributed by atoms with Crippen LogP contribution in [0.15, 0.2) is 18.2 Å². The molecule has 0 bridgehead atoms. The number of ether oxygens (including phenoxy) is 1. The predicted molar refractivity (Wildman–Crippen MR) is 54.3 cm³/mol. The summed E-state index contributed by atoms with van der Waals surface area (Å²) < 4.78 is 5.13. The maximum Gasteiger partial charge on any atom is 0.119 e. The topological polar surface area (TPSA) is 33.0 Å². The van der Waals surface area contributed by atoms with E-state index in [-0.39, 0.29) is 5.41 Å². The smallest absolute Gasteiger partial charge is 0.119 e. The molecule has 0 heterocycles. The first-order chi connectivity index (χ1) is 6.72. The molecule has 14 heavy (non-hydrogen) atoms. The molecule has 1 aromatic rings. The molecule has 0 atom stereocenters. The van der Waals surface area contributed by atoms with Gasteiger partial charge in [0.25, 0.3) is 0 Å². The van der Waals surface area contributed by atoms with Crippen molar-refractivity contribution in [2.24, 2.45) is 0 Å². The van der Waals surface area contributed by atoms with E-state index in [0.717, 1.165) is 24.2 Å². The molecular formula is C12H13NO. The highest BCUT2D eigenvalue weighted by Gasteiger charge is 2.45. The molecule has 0 spiro atoms. The number of hydrogen-bond acceptors (Lipinski definition) is 2. The number of methoxy groups -OCH3 is 1. The fourth-order valence-electron chi connectivity index (χ4n) is 1.87. The van der Waals surface area contributed by atoms with Gasteiger partial charge in [0.05, 0.1) is 18.6 Å². The SMILES string of the molecule is COc1ccc(C2(C#N)CC2)c(C)c1. The van der Waals surface area contributed by atoms with E-state index in [2.05, 4.69) is 6.07 Å². The molecule has 72 valence electrons. The number of hydrogen-bond donors (Lipinski definition) is 0. The Labute approximate surface area is 84.1 Å². The molecule has 2 rings (SSSR count). The summed E-state index contributed by atoms with van der Waals surface area (Å²) in [6, 6.07) is 8.35. The van der Waals surface area contributed by atoms with E-state index >= 15 is 0 Å². The van der Waals surface area contributed by atoms with Crippen molar-refractivity contribution in [1.82, 2.24) is 0 Å². The first kappa shape index (κ1) is 9.08. The highest BCUT2D eigenvalue weighted by Crippen LogP contribution is 2.48. The van der Waals surface area contributed by atoms with E-state index in [1.54, 1.807) is 7.11 Å². The summed E-state index contributed by atoms with van der Waals surface area (Å²) in [5.41, 5.74) is 2.14. The average molecular weight is 187 g/mol. The fourth-order valence-corrected chi connectivity index (χ4v) is 1.87. The van der Waals surface area contributed by atoms with Crippen molar-refractivity contribution in [3.05, 3.63) is 29.3 Å². The van der Waals surface area contributed by atoms with Crippen LogP contribution in [0.25, 0.3) is 0 Å². The lowest BCUT2D eigenvalue weighted by atomic mass is 9.93. The van der Waals surface area contributed by atoms with Crippen LogP contribution in [0.5, 0.6) is 5.75 Å². The lowest BCUT2D eigenvalue weighted by molar-refractivity contribution is 0.414. The van der Waals surface area contributed by atoms with Gasteiger partial charge in [-0.2, -0.15) is 5.26 Å². The van der Waals surface area contributed by atoms with Gasteiger partial charge in [0.2, 0.25) is 0 Å². The van der Waals surface area contributed by atoms with Crippen LogP contribution in [0.4, 0.5) is 0 Å². The third-order valence-electron chi connectivity index (χ3n) is 2.91. The summed E-state index contributed by atoms with van der Waals surface area (Å²) in [5, 5.41) is 9.08. The number of nitriles is 1. The summed E-state index contributed by atoms with van der Waals surface area (Å²) in [6.07, 6.45) is 1.99. The van der Waals surface area contributed by atoms with Crippen LogP contribution in [0.1, 0.15) is 24.0 Å². The molecule has 0 unspecified atom stereocenters. The van der Waals surface area contributed by atoms with Gasteiger partial charge in [-0.1, -0.05) is 6.07 Å². The number of benzene rings is 1. The van der Waals surface area contributed by atoms with Crippen LogP contribution in [-0.2, 0) is 5.41 Å². The van der Waals surface area contributed by atoms with Crippen LogP contribution in [0, 0.1) is 18.3 Å². The molecule has 0 amide bonds. The van der Waals surface area contributed by atoms with Gasteiger partial charge in [0.1, 0.15) is 5.75 Å². The second kappa shape index (κ2) is 3.02. The van der Waals surface area contributed by atoms with Crippen LogP contribution in [-0.4, -0.2) is 7.11 Å². The number of nitrogens with zero attached hydrogens (tertiary/aromatic N) is 1. The molecule has 1 aliphatic carbocycles. The van der Waals surface area contributed by atoms with Crippen molar-refractivity contribution in [3.8, 4) is 11.8 Å².